The molecule has 2 N–H and O–H groups in total. The van der Waals surface area contributed by atoms with Crippen molar-refractivity contribution in [3.05, 3.63) is 45.9 Å². The van der Waals surface area contributed by atoms with Crippen LogP contribution in [0.2, 0.25) is 0 Å². The monoisotopic (exact) mass is 337 g/mol. The molecule has 0 bridgehead atoms. The lowest BCUT2D eigenvalue weighted by atomic mass is 10.2. The molecule has 0 saturated heterocycles. The second-order valence-corrected chi connectivity index (χ2v) is 7.38. The highest BCUT2D eigenvalue weighted by molar-refractivity contribution is 7.84. The van der Waals surface area contributed by atoms with Gasteiger partial charge in [0.2, 0.25) is 0 Å². The Hall–Kier alpha value is -1.73. The topological polar surface area (TPSA) is 71.1 Å². The van der Waals surface area contributed by atoms with Crippen molar-refractivity contribution in [1.29, 1.82) is 0 Å². The Balaban J connectivity index is 1.83. The molecule has 0 aliphatic carbocycles. The second-order valence-electron chi connectivity index (χ2n) is 4.94. The zero-order valence-electron chi connectivity index (χ0n) is 12.8. The summed E-state index contributed by atoms with van der Waals surface area (Å²) in [5, 5.41) is 8.59. The maximum atomic E-state index is 11.9. The summed E-state index contributed by atoms with van der Waals surface area (Å²) in [7, 11) is -0.983. The van der Waals surface area contributed by atoms with E-state index in [2.05, 4.69) is 15.6 Å². The van der Waals surface area contributed by atoms with E-state index in [9.17, 15) is 9.00 Å². The molecular weight excluding hydrogens is 318 g/mol. The van der Waals surface area contributed by atoms with Gasteiger partial charge in [0.05, 0.1) is 16.7 Å². The zero-order chi connectivity index (χ0) is 16.1. The molecule has 22 heavy (non-hydrogen) atoms. The van der Waals surface area contributed by atoms with Gasteiger partial charge in [-0.15, -0.1) is 11.3 Å². The van der Waals surface area contributed by atoms with E-state index in [-0.39, 0.29) is 12.1 Å². The van der Waals surface area contributed by atoms with Crippen LogP contribution in [-0.4, -0.2) is 21.5 Å². The van der Waals surface area contributed by atoms with E-state index in [1.807, 2.05) is 43.5 Å². The molecule has 118 valence electrons. The molecule has 2 aromatic rings. The first kappa shape index (κ1) is 16.6. The van der Waals surface area contributed by atoms with Crippen LogP contribution in [0.15, 0.2) is 34.5 Å². The fourth-order valence-corrected chi connectivity index (χ4v) is 3.11. The van der Waals surface area contributed by atoms with Crippen LogP contribution in [0.25, 0.3) is 0 Å². The Morgan fingerprint density at radius 1 is 1.36 bits per heavy atom. The first-order valence-electron chi connectivity index (χ1n) is 6.84. The number of benzene rings is 1. The molecule has 5 nitrogen and oxygen atoms in total. The predicted octanol–water partition coefficient (Wildman–Crippen LogP) is 2.75. The Bertz CT molecular complexity index is 668. The van der Waals surface area contributed by atoms with Gasteiger partial charge in [0.25, 0.3) is 0 Å². The van der Waals surface area contributed by atoms with Crippen molar-refractivity contribution < 1.29 is 9.00 Å². The number of aryl methyl sites for hydroxylation is 1. The predicted molar refractivity (Wildman–Crippen MR) is 89.4 cm³/mol. The number of carbonyl (C=O) groups excluding carboxylic acids is 1. The summed E-state index contributed by atoms with van der Waals surface area (Å²) in [6.07, 6.45) is 1.64. The molecule has 0 saturated carbocycles. The summed E-state index contributed by atoms with van der Waals surface area (Å²) in [4.78, 5) is 17.0. The van der Waals surface area contributed by atoms with Crippen molar-refractivity contribution in [2.75, 3.05) is 6.26 Å². The van der Waals surface area contributed by atoms with Crippen LogP contribution in [-0.2, 0) is 17.3 Å². The summed E-state index contributed by atoms with van der Waals surface area (Å²) >= 11 is 1.57. The third kappa shape index (κ3) is 4.64. The van der Waals surface area contributed by atoms with E-state index >= 15 is 0 Å². The van der Waals surface area contributed by atoms with Crippen LogP contribution in [0, 0.1) is 6.92 Å². The number of urea groups is 1. The van der Waals surface area contributed by atoms with Gasteiger partial charge in [0, 0.05) is 33.9 Å². The van der Waals surface area contributed by atoms with Crippen LogP contribution in [0.5, 0.6) is 0 Å². The lowest BCUT2D eigenvalue weighted by Crippen LogP contribution is -2.36. The van der Waals surface area contributed by atoms with Gasteiger partial charge >= 0.3 is 6.03 Å². The Morgan fingerprint density at radius 3 is 2.59 bits per heavy atom. The van der Waals surface area contributed by atoms with Crippen LogP contribution < -0.4 is 10.6 Å². The quantitative estimate of drug-likeness (QED) is 0.881. The van der Waals surface area contributed by atoms with E-state index in [4.69, 9.17) is 0 Å². The number of rotatable bonds is 5. The number of amides is 2. The average Bonchev–Trinajstić information content (AvgIpc) is 2.92. The Labute approximate surface area is 136 Å². The van der Waals surface area contributed by atoms with E-state index in [0.29, 0.717) is 6.54 Å². The van der Waals surface area contributed by atoms with E-state index in [1.54, 1.807) is 17.6 Å². The van der Waals surface area contributed by atoms with Gasteiger partial charge in [-0.05, 0) is 31.5 Å². The average molecular weight is 337 g/mol. The lowest BCUT2D eigenvalue weighted by Gasteiger charge is -2.13. The molecular formula is C15H19N3O2S2. The number of nitrogens with zero attached hydrogens (tertiary/aromatic N) is 1. The molecule has 1 aromatic carbocycles. The highest BCUT2D eigenvalue weighted by atomic mass is 32.2. The molecule has 0 aliphatic heterocycles. The van der Waals surface area contributed by atoms with Crippen LogP contribution in [0.1, 0.15) is 29.2 Å². The maximum absolute atomic E-state index is 11.9. The van der Waals surface area contributed by atoms with Gasteiger partial charge in [0.1, 0.15) is 0 Å². The minimum Gasteiger partial charge on any atom is -0.334 e. The zero-order valence-corrected chi connectivity index (χ0v) is 14.4. The summed E-state index contributed by atoms with van der Waals surface area (Å²) in [6, 6.07) is 6.99. The maximum Gasteiger partial charge on any atom is 0.315 e. The molecule has 0 fully saturated rings. The normalized spacial score (nSPS) is 13.4. The third-order valence-electron chi connectivity index (χ3n) is 3.14. The van der Waals surface area contributed by atoms with Gasteiger partial charge in [-0.3, -0.25) is 4.21 Å². The molecule has 2 atom stereocenters. The van der Waals surface area contributed by atoms with E-state index in [1.165, 1.54) is 0 Å². The standard InChI is InChI=1S/C15H19N3O2S2/c1-10(14-9-21-11(2)18-14)17-15(19)16-8-12-4-6-13(7-5-12)22(3)20/h4-7,9-10H,8H2,1-3H3,(H2,16,17,19). The fraction of sp³-hybridized carbons (Fsp3) is 0.333. The number of hydrogen-bond donors (Lipinski definition) is 2. The SMILES string of the molecule is Cc1nc(C(C)NC(=O)NCc2ccc(S(C)=O)cc2)cs1. The summed E-state index contributed by atoms with van der Waals surface area (Å²) in [5.74, 6) is 0. The summed E-state index contributed by atoms with van der Waals surface area (Å²) < 4.78 is 11.3. The van der Waals surface area contributed by atoms with Crippen molar-refractivity contribution in [2.45, 2.75) is 31.3 Å². The lowest BCUT2D eigenvalue weighted by molar-refractivity contribution is 0.237. The smallest absolute Gasteiger partial charge is 0.315 e. The van der Waals surface area contributed by atoms with E-state index in [0.717, 1.165) is 21.2 Å². The van der Waals surface area contributed by atoms with Crippen molar-refractivity contribution in [3.63, 3.8) is 0 Å². The second kappa shape index (κ2) is 7.51. The molecule has 2 amide bonds. The van der Waals surface area contributed by atoms with Crippen LogP contribution in [0.3, 0.4) is 0 Å². The van der Waals surface area contributed by atoms with Crippen molar-refractivity contribution >= 4 is 28.2 Å². The number of nitrogens with one attached hydrogen (secondary N) is 2. The Morgan fingerprint density at radius 2 is 2.05 bits per heavy atom. The minimum absolute atomic E-state index is 0.130. The Kier molecular flexibility index (Phi) is 5.68. The number of aromatic nitrogens is 1. The molecule has 0 spiro atoms. The fourth-order valence-electron chi connectivity index (χ4n) is 1.88. The minimum atomic E-state index is -0.983. The molecule has 2 unspecified atom stereocenters. The molecule has 2 rings (SSSR count). The van der Waals surface area contributed by atoms with Crippen LogP contribution in [0.4, 0.5) is 4.79 Å². The summed E-state index contributed by atoms with van der Waals surface area (Å²) in [6.45, 7) is 4.26. The number of hydrogen-bond acceptors (Lipinski definition) is 4. The molecule has 7 heteroatoms. The van der Waals surface area contributed by atoms with Crippen molar-refractivity contribution in [2.24, 2.45) is 0 Å². The third-order valence-corrected chi connectivity index (χ3v) is 4.86. The van der Waals surface area contributed by atoms with E-state index < -0.39 is 10.8 Å². The number of carbonyl (C=O) groups is 1. The largest absolute Gasteiger partial charge is 0.334 e. The number of thiazole rings is 1. The van der Waals surface area contributed by atoms with Gasteiger partial charge in [-0.1, -0.05) is 12.1 Å². The highest BCUT2D eigenvalue weighted by Gasteiger charge is 2.11. The first-order valence-corrected chi connectivity index (χ1v) is 9.28. The van der Waals surface area contributed by atoms with Gasteiger partial charge in [-0.25, -0.2) is 9.78 Å². The highest BCUT2D eigenvalue weighted by Crippen LogP contribution is 2.15. The molecule has 1 heterocycles. The molecule has 0 aliphatic rings. The van der Waals surface area contributed by atoms with Gasteiger partial charge in [-0.2, -0.15) is 0 Å². The molecule has 0 radical (unpaired) electrons. The first-order chi connectivity index (χ1) is 10.5. The van der Waals surface area contributed by atoms with Crippen molar-refractivity contribution in [3.8, 4) is 0 Å². The molecule has 1 aromatic heterocycles. The van der Waals surface area contributed by atoms with Crippen molar-refractivity contribution in [1.82, 2.24) is 15.6 Å². The van der Waals surface area contributed by atoms with Gasteiger partial charge < -0.3 is 10.6 Å². The van der Waals surface area contributed by atoms with Gasteiger partial charge in [0.15, 0.2) is 0 Å². The van der Waals surface area contributed by atoms with Crippen LogP contribution >= 0.6 is 11.3 Å². The summed E-state index contributed by atoms with van der Waals surface area (Å²) in [5.41, 5.74) is 1.83.